The summed E-state index contributed by atoms with van der Waals surface area (Å²) in [5.74, 6) is -0.500. The predicted molar refractivity (Wildman–Crippen MR) is 82.1 cm³/mol. The second kappa shape index (κ2) is 10.0. The van der Waals surface area contributed by atoms with Crippen LogP contribution in [-0.2, 0) is 9.53 Å². The van der Waals surface area contributed by atoms with E-state index in [0.29, 0.717) is 12.8 Å². The number of ether oxygens (including phenoxy) is 2. The van der Waals surface area contributed by atoms with Crippen LogP contribution in [0.4, 0.5) is 0 Å². The molecule has 6 heteroatoms. The van der Waals surface area contributed by atoms with Crippen molar-refractivity contribution in [1.29, 1.82) is 5.26 Å². The topological polar surface area (TPSA) is 85.3 Å². The van der Waals surface area contributed by atoms with Crippen molar-refractivity contribution in [2.75, 3.05) is 13.7 Å². The van der Waals surface area contributed by atoms with Gasteiger partial charge in [0.25, 0.3) is 0 Å². The van der Waals surface area contributed by atoms with Gasteiger partial charge in [0.15, 0.2) is 0 Å². The van der Waals surface area contributed by atoms with Gasteiger partial charge in [-0.05, 0) is 37.5 Å². The van der Waals surface area contributed by atoms with Crippen LogP contribution in [0.5, 0.6) is 5.75 Å². The molecule has 5 nitrogen and oxygen atoms in total. The number of nitrogens with zero attached hydrogens (tertiary/aromatic N) is 1. The van der Waals surface area contributed by atoms with E-state index in [1.165, 1.54) is 0 Å². The fourth-order valence-electron chi connectivity index (χ4n) is 1.86. The summed E-state index contributed by atoms with van der Waals surface area (Å²) in [6, 6.07) is 9.18. The van der Waals surface area contributed by atoms with Gasteiger partial charge in [-0.2, -0.15) is 5.26 Å². The van der Waals surface area contributed by atoms with E-state index in [9.17, 15) is 4.79 Å². The SMILES string of the molecule is CCOC(=O)C(C#N)CC[C@@H](N)c1cccc(OC)c1.Cl. The lowest BCUT2D eigenvalue weighted by Crippen LogP contribution is -2.19. The van der Waals surface area contributed by atoms with Crippen LogP contribution in [-0.4, -0.2) is 19.7 Å². The minimum atomic E-state index is -0.758. The molecule has 0 heterocycles. The molecule has 0 aliphatic rings. The van der Waals surface area contributed by atoms with Gasteiger partial charge in [0.05, 0.1) is 19.8 Å². The van der Waals surface area contributed by atoms with Crippen molar-refractivity contribution in [2.45, 2.75) is 25.8 Å². The molecule has 1 aromatic carbocycles. The van der Waals surface area contributed by atoms with Gasteiger partial charge in [-0.1, -0.05) is 12.1 Å². The maximum Gasteiger partial charge on any atom is 0.323 e. The quantitative estimate of drug-likeness (QED) is 0.782. The van der Waals surface area contributed by atoms with Crippen molar-refractivity contribution in [1.82, 2.24) is 0 Å². The number of esters is 1. The Morgan fingerprint density at radius 1 is 1.43 bits per heavy atom. The molecule has 1 unspecified atom stereocenters. The Morgan fingerprint density at radius 3 is 2.71 bits per heavy atom. The zero-order valence-corrected chi connectivity index (χ0v) is 13.1. The molecule has 116 valence electrons. The Kier molecular flexibility index (Phi) is 9.18. The third-order valence-corrected chi connectivity index (χ3v) is 3.02. The number of carbonyl (C=O) groups excluding carboxylic acids is 1. The zero-order chi connectivity index (χ0) is 15.0. The maximum atomic E-state index is 11.5. The Labute approximate surface area is 131 Å². The van der Waals surface area contributed by atoms with Crippen LogP contribution < -0.4 is 10.5 Å². The molecule has 0 fully saturated rings. The minimum Gasteiger partial charge on any atom is -0.497 e. The first-order valence-corrected chi connectivity index (χ1v) is 6.58. The van der Waals surface area contributed by atoms with E-state index >= 15 is 0 Å². The van der Waals surface area contributed by atoms with Crippen molar-refractivity contribution in [3.05, 3.63) is 29.8 Å². The van der Waals surface area contributed by atoms with E-state index < -0.39 is 11.9 Å². The van der Waals surface area contributed by atoms with Crippen LogP contribution in [0, 0.1) is 17.2 Å². The normalized spacial score (nSPS) is 12.5. The largest absolute Gasteiger partial charge is 0.497 e. The lowest BCUT2D eigenvalue weighted by Gasteiger charge is -2.14. The number of halogens is 1. The third kappa shape index (κ3) is 6.03. The number of hydrogen-bond donors (Lipinski definition) is 1. The Morgan fingerprint density at radius 2 is 2.14 bits per heavy atom. The highest BCUT2D eigenvalue weighted by Crippen LogP contribution is 2.22. The van der Waals surface area contributed by atoms with Crippen molar-refractivity contribution < 1.29 is 14.3 Å². The first kappa shape index (κ1) is 19.2. The maximum absolute atomic E-state index is 11.5. The molecule has 2 atom stereocenters. The summed E-state index contributed by atoms with van der Waals surface area (Å²) >= 11 is 0. The van der Waals surface area contributed by atoms with Gasteiger partial charge in [-0.3, -0.25) is 4.79 Å². The molecule has 0 saturated carbocycles. The average molecular weight is 313 g/mol. The second-order valence-electron chi connectivity index (χ2n) is 4.39. The Balaban J connectivity index is 0.00000400. The highest BCUT2D eigenvalue weighted by molar-refractivity contribution is 5.85. The first-order valence-electron chi connectivity index (χ1n) is 6.58. The Bertz CT molecular complexity index is 488. The monoisotopic (exact) mass is 312 g/mol. The van der Waals surface area contributed by atoms with Crippen molar-refractivity contribution >= 4 is 18.4 Å². The fourth-order valence-corrected chi connectivity index (χ4v) is 1.86. The molecule has 0 spiro atoms. The van der Waals surface area contributed by atoms with Gasteiger partial charge in [0.1, 0.15) is 11.7 Å². The van der Waals surface area contributed by atoms with Crippen LogP contribution in [0.3, 0.4) is 0 Å². The lowest BCUT2D eigenvalue weighted by molar-refractivity contribution is -0.146. The number of rotatable bonds is 7. The number of methoxy groups -OCH3 is 1. The number of carbonyl (C=O) groups is 1. The lowest BCUT2D eigenvalue weighted by atomic mass is 9.97. The molecule has 21 heavy (non-hydrogen) atoms. The molecule has 1 aromatic rings. The van der Waals surface area contributed by atoms with Gasteiger partial charge in [0, 0.05) is 6.04 Å². The summed E-state index contributed by atoms with van der Waals surface area (Å²) in [7, 11) is 1.59. The number of hydrogen-bond acceptors (Lipinski definition) is 5. The van der Waals surface area contributed by atoms with Gasteiger partial charge in [0.2, 0.25) is 0 Å². The van der Waals surface area contributed by atoms with Gasteiger partial charge in [-0.15, -0.1) is 12.4 Å². The molecule has 0 bridgehead atoms. The van der Waals surface area contributed by atoms with Crippen LogP contribution in [0.15, 0.2) is 24.3 Å². The minimum absolute atomic E-state index is 0. The van der Waals surface area contributed by atoms with Gasteiger partial charge >= 0.3 is 5.97 Å². The van der Waals surface area contributed by atoms with E-state index in [-0.39, 0.29) is 25.1 Å². The summed E-state index contributed by atoms with van der Waals surface area (Å²) in [5, 5.41) is 8.98. The smallest absolute Gasteiger partial charge is 0.323 e. The molecule has 0 amide bonds. The number of nitriles is 1. The summed E-state index contributed by atoms with van der Waals surface area (Å²) in [6.07, 6.45) is 0.915. The standard InChI is InChI=1S/C15H20N2O3.ClH/c1-3-20-15(18)12(10-16)7-8-14(17)11-5-4-6-13(9-11)19-2;/h4-6,9,12,14H,3,7-8,17H2,1-2H3;1H/t12?,14-;/m1./s1. The van der Waals surface area contributed by atoms with Crippen LogP contribution in [0.2, 0.25) is 0 Å². The summed E-state index contributed by atoms with van der Waals surface area (Å²) in [5.41, 5.74) is 7.00. The summed E-state index contributed by atoms with van der Waals surface area (Å²) in [6.45, 7) is 1.99. The molecule has 0 saturated heterocycles. The predicted octanol–water partition coefficient (Wildman–Crippen LogP) is 2.60. The van der Waals surface area contributed by atoms with E-state index in [1.54, 1.807) is 14.0 Å². The third-order valence-electron chi connectivity index (χ3n) is 3.02. The average Bonchev–Trinajstić information content (AvgIpc) is 2.48. The molecule has 0 aromatic heterocycles. The van der Waals surface area contributed by atoms with E-state index in [1.807, 2.05) is 30.3 Å². The molecular formula is C15H21ClN2O3. The van der Waals surface area contributed by atoms with Crippen LogP contribution in [0.1, 0.15) is 31.4 Å². The molecule has 2 N–H and O–H groups in total. The van der Waals surface area contributed by atoms with Crippen molar-refractivity contribution in [3.63, 3.8) is 0 Å². The van der Waals surface area contributed by atoms with E-state index in [2.05, 4.69) is 0 Å². The zero-order valence-electron chi connectivity index (χ0n) is 12.2. The molecular weight excluding hydrogens is 292 g/mol. The van der Waals surface area contributed by atoms with Crippen molar-refractivity contribution in [2.24, 2.45) is 11.7 Å². The van der Waals surface area contributed by atoms with E-state index in [0.717, 1.165) is 11.3 Å². The van der Waals surface area contributed by atoms with Crippen molar-refractivity contribution in [3.8, 4) is 11.8 Å². The molecule has 0 aliphatic carbocycles. The molecule has 0 radical (unpaired) electrons. The molecule has 0 aliphatic heterocycles. The summed E-state index contributed by atoms with van der Waals surface area (Å²) < 4.78 is 9.99. The van der Waals surface area contributed by atoms with Crippen LogP contribution in [0.25, 0.3) is 0 Å². The second-order valence-corrected chi connectivity index (χ2v) is 4.39. The Hall–Kier alpha value is -1.77. The highest BCUT2D eigenvalue weighted by atomic mass is 35.5. The first-order chi connectivity index (χ1) is 9.62. The summed E-state index contributed by atoms with van der Waals surface area (Å²) in [4.78, 5) is 11.5. The highest BCUT2D eigenvalue weighted by Gasteiger charge is 2.20. The molecule has 1 rings (SSSR count). The van der Waals surface area contributed by atoms with E-state index in [4.69, 9.17) is 20.5 Å². The van der Waals surface area contributed by atoms with Gasteiger partial charge in [-0.25, -0.2) is 0 Å². The van der Waals surface area contributed by atoms with Crippen LogP contribution >= 0.6 is 12.4 Å². The fraction of sp³-hybridized carbons (Fsp3) is 0.467. The van der Waals surface area contributed by atoms with Gasteiger partial charge < -0.3 is 15.2 Å². The number of nitrogens with two attached hydrogens (primary N) is 1. The number of benzene rings is 1.